The summed E-state index contributed by atoms with van der Waals surface area (Å²) in [5.74, 6) is 0.443. The van der Waals surface area contributed by atoms with E-state index in [1.165, 1.54) is 11.6 Å². The quantitative estimate of drug-likeness (QED) is 0.818. The van der Waals surface area contributed by atoms with Gasteiger partial charge in [-0.3, -0.25) is 0 Å². The van der Waals surface area contributed by atoms with Gasteiger partial charge in [-0.25, -0.2) is 14.8 Å². The van der Waals surface area contributed by atoms with Crippen molar-refractivity contribution in [2.75, 3.05) is 11.9 Å². The Bertz CT molecular complexity index is 659. The molecule has 0 spiro atoms. The zero-order chi connectivity index (χ0) is 15.9. The lowest BCUT2D eigenvalue weighted by molar-refractivity contribution is 0.0689. The van der Waals surface area contributed by atoms with Crippen LogP contribution in [0.3, 0.4) is 0 Å². The number of nitrogens with one attached hydrogen (secondary N) is 1. The summed E-state index contributed by atoms with van der Waals surface area (Å²) in [4.78, 5) is 19.4. The lowest BCUT2D eigenvalue weighted by Crippen LogP contribution is -2.11. The second-order valence-electron chi connectivity index (χ2n) is 4.68. The molecule has 2 N–H and O–H groups in total. The molecule has 0 saturated carbocycles. The van der Waals surface area contributed by atoms with Crippen molar-refractivity contribution < 1.29 is 14.6 Å². The highest BCUT2D eigenvalue weighted by atomic mass is 16.5. The van der Waals surface area contributed by atoms with E-state index in [0.29, 0.717) is 23.9 Å². The Kier molecular flexibility index (Phi) is 5.30. The lowest BCUT2D eigenvalue weighted by atomic mass is 10.2. The van der Waals surface area contributed by atoms with E-state index in [-0.39, 0.29) is 12.3 Å². The number of hydrogen-bond donors (Lipinski definition) is 2. The Hall–Kier alpha value is -2.63. The highest BCUT2D eigenvalue weighted by Gasteiger charge is 2.10. The number of aromatic nitrogens is 2. The van der Waals surface area contributed by atoms with E-state index in [0.717, 1.165) is 6.42 Å². The predicted octanol–water partition coefficient (Wildman–Crippen LogP) is 2.75. The van der Waals surface area contributed by atoms with E-state index >= 15 is 0 Å². The van der Waals surface area contributed by atoms with Crippen LogP contribution in [0.15, 0.2) is 30.3 Å². The van der Waals surface area contributed by atoms with Crippen molar-refractivity contribution in [3.05, 3.63) is 47.4 Å². The number of carboxylic acid groups (broad SMARTS) is 1. The molecule has 1 aromatic carbocycles. The Balaban J connectivity index is 2.15. The number of benzene rings is 1. The second-order valence-corrected chi connectivity index (χ2v) is 4.68. The first-order chi connectivity index (χ1) is 10.6. The number of anilines is 1. The molecule has 22 heavy (non-hydrogen) atoms. The zero-order valence-electron chi connectivity index (χ0n) is 12.7. The first-order valence-electron chi connectivity index (χ1n) is 7.19. The monoisotopic (exact) mass is 301 g/mol. The number of carbonyl (C=O) groups is 1. The average molecular weight is 301 g/mol. The van der Waals surface area contributed by atoms with E-state index in [1.807, 2.05) is 31.2 Å². The number of aromatic carboxylic acids is 1. The molecule has 2 aromatic rings. The van der Waals surface area contributed by atoms with Gasteiger partial charge in [-0.1, -0.05) is 19.1 Å². The van der Waals surface area contributed by atoms with Crippen LogP contribution in [-0.4, -0.2) is 27.6 Å². The number of hydrogen-bond acceptors (Lipinski definition) is 5. The minimum atomic E-state index is -1.09. The third-order valence-corrected chi connectivity index (χ3v) is 3.02. The van der Waals surface area contributed by atoms with Crippen molar-refractivity contribution in [1.82, 2.24) is 9.97 Å². The summed E-state index contributed by atoms with van der Waals surface area (Å²) < 4.78 is 5.66. The summed E-state index contributed by atoms with van der Waals surface area (Å²) in [5, 5.41) is 12.1. The van der Waals surface area contributed by atoms with Gasteiger partial charge in [0.1, 0.15) is 18.2 Å². The molecule has 0 bridgehead atoms. The minimum absolute atomic E-state index is 0.0492. The van der Waals surface area contributed by atoms with Crippen molar-refractivity contribution in [1.29, 1.82) is 0 Å². The number of nitrogens with zero attached hydrogens (tertiary/aromatic N) is 2. The van der Waals surface area contributed by atoms with Gasteiger partial charge in [0.15, 0.2) is 11.5 Å². The first kappa shape index (κ1) is 15.8. The standard InChI is InChI=1S/C16H19N3O3/c1-3-11-6-5-7-12(8-11)22-10-15-18-13(16(20)21)9-14(19-15)17-4-2/h5-9H,3-4,10H2,1-2H3,(H,20,21)(H,17,18,19). The smallest absolute Gasteiger partial charge is 0.354 e. The summed E-state index contributed by atoms with van der Waals surface area (Å²) in [5.41, 5.74) is 1.12. The van der Waals surface area contributed by atoms with Crippen LogP contribution >= 0.6 is 0 Å². The lowest BCUT2D eigenvalue weighted by Gasteiger charge is -2.09. The number of ether oxygens (including phenoxy) is 1. The van der Waals surface area contributed by atoms with Crippen LogP contribution in [-0.2, 0) is 13.0 Å². The van der Waals surface area contributed by atoms with Crippen LogP contribution < -0.4 is 10.1 Å². The summed E-state index contributed by atoms with van der Waals surface area (Å²) in [7, 11) is 0. The molecular weight excluding hydrogens is 282 g/mol. The molecule has 0 atom stereocenters. The molecule has 0 aliphatic carbocycles. The van der Waals surface area contributed by atoms with Crippen LogP contribution in [0.4, 0.5) is 5.82 Å². The zero-order valence-corrected chi connectivity index (χ0v) is 12.7. The predicted molar refractivity (Wildman–Crippen MR) is 83.3 cm³/mol. The number of rotatable bonds is 7. The van der Waals surface area contributed by atoms with Crippen LogP contribution in [0.25, 0.3) is 0 Å². The van der Waals surface area contributed by atoms with E-state index in [2.05, 4.69) is 22.2 Å². The van der Waals surface area contributed by atoms with Crippen molar-refractivity contribution in [3.8, 4) is 5.75 Å². The number of aryl methyl sites for hydroxylation is 1. The SMILES string of the molecule is CCNc1cc(C(=O)O)nc(COc2cccc(CC)c2)n1. The summed E-state index contributed by atoms with van der Waals surface area (Å²) in [6.45, 7) is 4.75. The van der Waals surface area contributed by atoms with Crippen LogP contribution in [0.2, 0.25) is 0 Å². The molecule has 2 rings (SSSR count). The van der Waals surface area contributed by atoms with E-state index in [1.54, 1.807) is 0 Å². The third-order valence-electron chi connectivity index (χ3n) is 3.02. The van der Waals surface area contributed by atoms with Gasteiger partial charge in [-0.05, 0) is 31.0 Å². The summed E-state index contributed by atoms with van der Waals surface area (Å²) in [6, 6.07) is 9.16. The van der Waals surface area contributed by atoms with Gasteiger partial charge in [0.2, 0.25) is 0 Å². The molecule has 116 valence electrons. The van der Waals surface area contributed by atoms with Crippen LogP contribution in [0.5, 0.6) is 5.75 Å². The Labute approximate surface area is 129 Å². The third kappa shape index (κ3) is 4.18. The molecule has 0 fully saturated rings. The van der Waals surface area contributed by atoms with Crippen LogP contribution in [0, 0.1) is 0 Å². The minimum Gasteiger partial charge on any atom is -0.486 e. The normalized spacial score (nSPS) is 10.3. The maximum atomic E-state index is 11.1. The fourth-order valence-electron chi connectivity index (χ4n) is 1.95. The maximum Gasteiger partial charge on any atom is 0.354 e. The molecule has 0 aliphatic rings. The fourth-order valence-corrected chi connectivity index (χ4v) is 1.95. The molecule has 0 aliphatic heterocycles. The van der Waals surface area contributed by atoms with E-state index < -0.39 is 5.97 Å². The molecule has 0 radical (unpaired) electrons. The molecule has 0 amide bonds. The van der Waals surface area contributed by atoms with Gasteiger partial charge >= 0.3 is 5.97 Å². The van der Waals surface area contributed by atoms with Gasteiger partial charge in [0.25, 0.3) is 0 Å². The summed E-state index contributed by atoms with van der Waals surface area (Å²) in [6.07, 6.45) is 0.923. The molecule has 1 aromatic heterocycles. The summed E-state index contributed by atoms with van der Waals surface area (Å²) >= 11 is 0. The highest BCUT2D eigenvalue weighted by Crippen LogP contribution is 2.15. The molecule has 6 nitrogen and oxygen atoms in total. The molecule has 1 heterocycles. The van der Waals surface area contributed by atoms with Crippen molar-refractivity contribution in [3.63, 3.8) is 0 Å². The maximum absolute atomic E-state index is 11.1. The number of carboxylic acids is 1. The van der Waals surface area contributed by atoms with Gasteiger partial charge in [-0.2, -0.15) is 0 Å². The van der Waals surface area contributed by atoms with Crippen molar-refractivity contribution in [2.24, 2.45) is 0 Å². The Morgan fingerprint density at radius 1 is 1.27 bits per heavy atom. The van der Waals surface area contributed by atoms with Crippen LogP contribution in [0.1, 0.15) is 35.7 Å². The second kappa shape index (κ2) is 7.40. The molecule has 6 heteroatoms. The molecule has 0 saturated heterocycles. The fraction of sp³-hybridized carbons (Fsp3) is 0.312. The Morgan fingerprint density at radius 3 is 2.77 bits per heavy atom. The first-order valence-corrected chi connectivity index (χ1v) is 7.19. The highest BCUT2D eigenvalue weighted by molar-refractivity contribution is 5.86. The molecular formula is C16H19N3O3. The van der Waals surface area contributed by atoms with Crippen molar-refractivity contribution in [2.45, 2.75) is 26.9 Å². The van der Waals surface area contributed by atoms with Gasteiger partial charge in [0, 0.05) is 12.6 Å². The molecule has 0 unspecified atom stereocenters. The van der Waals surface area contributed by atoms with Gasteiger partial charge in [0.05, 0.1) is 0 Å². The van der Waals surface area contributed by atoms with E-state index in [9.17, 15) is 4.79 Å². The average Bonchev–Trinajstić information content (AvgIpc) is 2.53. The topological polar surface area (TPSA) is 84.3 Å². The van der Waals surface area contributed by atoms with Gasteiger partial charge < -0.3 is 15.2 Å². The Morgan fingerprint density at radius 2 is 2.09 bits per heavy atom. The largest absolute Gasteiger partial charge is 0.486 e. The van der Waals surface area contributed by atoms with Gasteiger partial charge in [-0.15, -0.1) is 0 Å². The van der Waals surface area contributed by atoms with E-state index in [4.69, 9.17) is 9.84 Å². The van der Waals surface area contributed by atoms with Crippen molar-refractivity contribution >= 4 is 11.8 Å².